The number of halogens is 2. The number of benzene rings is 2. The molecule has 0 aliphatic carbocycles. The van der Waals surface area contributed by atoms with Gasteiger partial charge in [-0.1, -0.05) is 41.4 Å². The molecule has 0 radical (unpaired) electrons. The van der Waals surface area contributed by atoms with Gasteiger partial charge in [-0.3, -0.25) is 4.99 Å². The van der Waals surface area contributed by atoms with E-state index in [1.807, 2.05) is 54.2 Å². The summed E-state index contributed by atoms with van der Waals surface area (Å²) in [5.74, 6) is 1.06. The topological polar surface area (TPSA) is 28.0 Å². The zero-order chi connectivity index (χ0) is 19.3. The molecule has 2 heterocycles. The van der Waals surface area contributed by atoms with Gasteiger partial charge in [0.05, 0.1) is 23.0 Å². The highest BCUT2D eigenvalue weighted by atomic mass is 35.5. The fourth-order valence-corrected chi connectivity index (χ4v) is 4.87. The first-order valence-electron chi connectivity index (χ1n) is 9.73. The van der Waals surface area contributed by atoms with E-state index in [1.54, 1.807) is 0 Å². The molecule has 0 bridgehead atoms. The first-order chi connectivity index (χ1) is 13.7. The van der Waals surface area contributed by atoms with Gasteiger partial charge in [-0.15, -0.1) is 11.8 Å². The molecule has 3 nitrogen and oxygen atoms in total. The maximum Gasteiger partial charge on any atom is 0.0954 e. The molecule has 1 saturated heterocycles. The standard InChI is InChI=1S/C22H23Cl2N3S/c23-16-8-9-20-18(14-16)22(17-6-1-2-7-19(17)24)25-15-21(26-20)28-13-5-12-27-10-3-4-11-27/h1-2,6-9,14H,3-5,10-13,15H2. The monoisotopic (exact) mass is 431 g/mol. The van der Waals surface area contributed by atoms with Gasteiger partial charge in [0, 0.05) is 26.9 Å². The highest BCUT2D eigenvalue weighted by Crippen LogP contribution is 2.31. The molecule has 0 saturated carbocycles. The molecule has 0 atom stereocenters. The van der Waals surface area contributed by atoms with Crippen molar-refractivity contribution < 1.29 is 0 Å². The van der Waals surface area contributed by atoms with Gasteiger partial charge < -0.3 is 4.90 Å². The highest BCUT2D eigenvalue weighted by Gasteiger charge is 2.19. The number of aliphatic imine (C=N–C) groups is 2. The summed E-state index contributed by atoms with van der Waals surface area (Å²) in [5, 5.41) is 2.41. The number of likely N-dealkylation sites (tertiary alicyclic amines) is 1. The van der Waals surface area contributed by atoms with Crippen molar-refractivity contribution in [3.63, 3.8) is 0 Å². The second kappa shape index (κ2) is 9.45. The van der Waals surface area contributed by atoms with Gasteiger partial charge in [0.1, 0.15) is 0 Å². The second-order valence-corrected chi connectivity index (χ2v) is 9.07. The number of hydrogen-bond donors (Lipinski definition) is 0. The van der Waals surface area contributed by atoms with Crippen LogP contribution in [-0.4, -0.2) is 47.6 Å². The molecule has 0 spiro atoms. The first kappa shape index (κ1) is 20.0. The van der Waals surface area contributed by atoms with Crippen molar-refractivity contribution in [1.82, 2.24) is 4.90 Å². The molecule has 2 aromatic carbocycles. The van der Waals surface area contributed by atoms with Crippen molar-refractivity contribution in [2.24, 2.45) is 9.98 Å². The van der Waals surface area contributed by atoms with Crippen LogP contribution in [0.2, 0.25) is 10.0 Å². The van der Waals surface area contributed by atoms with Crippen molar-refractivity contribution in [2.45, 2.75) is 19.3 Å². The molecular weight excluding hydrogens is 409 g/mol. The Morgan fingerprint density at radius 3 is 2.64 bits per heavy atom. The van der Waals surface area contributed by atoms with E-state index in [-0.39, 0.29) is 0 Å². The molecule has 2 aliphatic heterocycles. The molecular formula is C22H23Cl2N3S. The van der Waals surface area contributed by atoms with Gasteiger partial charge in [-0.25, -0.2) is 4.99 Å². The molecule has 2 aromatic rings. The number of fused-ring (bicyclic) bond motifs is 1. The van der Waals surface area contributed by atoms with Crippen molar-refractivity contribution in [3.05, 3.63) is 63.6 Å². The minimum Gasteiger partial charge on any atom is -0.303 e. The summed E-state index contributed by atoms with van der Waals surface area (Å²) in [4.78, 5) is 12.3. The lowest BCUT2D eigenvalue weighted by atomic mass is 10.0. The highest BCUT2D eigenvalue weighted by molar-refractivity contribution is 8.14. The predicted molar refractivity (Wildman–Crippen MR) is 123 cm³/mol. The summed E-state index contributed by atoms with van der Waals surface area (Å²) in [6.07, 6.45) is 3.87. The average molecular weight is 432 g/mol. The van der Waals surface area contributed by atoms with E-state index in [0.29, 0.717) is 16.6 Å². The van der Waals surface area contributed by atoms with E-state index in [1.165, 1.54) is 38.9 Å². The Hall–Kier alpha value is -1.33. The maximum atomic E-state index is 6.46. The summed E-state index contributed by atoms with van der Waals surface area (Å²) in [6, 6.07) is 13.6. The van der Waals surface area contributed by atoms with Crippen LogP contribution in [0, 0.1) is 0 Å². The van der Waals surface area contributed by atoms with Gasteiger partial charge in [0.15, 0.2) is 0 Å². The Bertz CT molecular complexity index is 904. The molecule has 0 amide bonds. The quantitative estimate of drug-likeness (QED) is 0.535. The lowest BCUT2D eigenvalue weighted by molar-refractivity contribution is 0.341. The normalized spacial score (nSPS) is 17.1. The lowest BCUT2D eigenvalue weighted by Gasteiger charge is -2.13. The fraction of sp³-hybridized carbons (Fsp3) is 0.364. The van der Waals surface area contributed by atoms with Crippen molar-refractivity contribution in [3.8, 4) is 0 Å². The van der Waals surface area contributed by atoms with Crippen LogP contribution in [0.4, 0.5) is 5.69 Å². The molecule has 0 N–H and O–H groups in total. The first-order valence-corrected chi connectivity index (χ1v) is 11.5. The van der Waals surface area contributed by atoms with Crippen LogP contribution in [0.5, 0.6) is 0 Å². The third-order valence-corrected chi connectivity index (χ3v) is 6.66. The molecule has 146 valence electrons. The Morgan fingerprint density at radius 1 is 1.00 bits per heavy atom. The van der Waals surface area contributed by atoms with Crippen molar-refractivity contribution in [2.75, 3.05) is 31.9 Å². The molecule has 6 heteroatoms. The maximum absolute atomic E-state index is 6.46. The zero-order valence-corrected chi connectivity index (χ0v) is 18.0. The molecule has 1 fully saturated rings. The van der Waals surface area contributed by atoms with E-state index in [0.717, 1.165) is 33.3 Å². The Balaban J connectivity index is 1.53. The summed E-state index contributed by atoms with van der Waals surface area (Å²) >= 11 is 14.5. The summed E-state index contributed by atoms with van der Waals surface area (Å²) in [7, 11) is 0. The van der Waals surface area contributed by atoms with Crippen LogP contribution < -0.4 is 0 Å². The smallest absolute Gasteiger partial charge is 0.0954 e. The molecule has 2 aliphatic rings. The summed E-state index contributed by atoms with van der Waals surface area (Å²) < 4.78 is 0. The lowest BCUT2D eigenvalue weighted by Crippen LogP contribution is -2.20. The number of hydrogen-bond acceptors (Lipinski definition) is 4. The van der Waals surface area contributed by atoms with E-state index < -0.39 is 0 Å². The average Bonchev–Trinajstić information content (AvgIpc) is 3.15. The minimum atomic E-state index is 0.571. The van der Waals surface area contributed by atoms with Gasteiger partial charge in [0.2, 0.25) is 0 Å². The molecule has 0 unspecified atom stereocenters. The minimum absolute atomic E-state index is 0.571. The summed E-state index contributed by atoms with van der Waals surface area (Å²) in [5.41, 5.74) is 3.62. The third-order valence-electron chi connectivity index (χ3n) is 5.05. The second-order valence-electron chi connectivity index (χ2n) is 7.06. The zero-order valence-electron chi connectivity index (χ0n) is 15.7. The van der Waals surface area contributed by atoms with Gasteiger partial charge >= 0.3 is 0 Å². The number of nitrogens with zero attached hydrogens (tertiary/aromatic N) is 3. The van der Waals surface area contributed by atoms with Crippen LogP contribution in [0.15, 0.2) is 52.4 Å². The predicted octanol–water partition coefficient (Wildman–Crippen LogP) is 6.09. The third kappa shape index (κ3) is 4.80. The Labute approximate surface area is 180 Å². The van der Waals surface area contributed by atoms with Crippen molar-refractivity contribution in [1.29, 1.82) is 0 Å². The van der Waals surface area contributed by atoms with Crippen LogP contribution >= 0.6 is 35.0 Å². The number of thioether (sulfide) groups is 1. The largest absolute Gasteiger partial charge is 0.303 e. The van der Waals surface area contributed by atoms with E-state index >= 15 is 0 Å². The van der Waals surface area contributed by atoms with E-state index in [4.69, 9.17) is 33.2 Å². The SMILES string of the molecule is Clc1ccc2c(c1)C(c1ccccc1Cl)=NCC(SCCCN1CCCC1)=N2. The van der Waals surface area contributed by atoms with E-state index in [9.17, 15) is 0 Å². The summed E-state index contributed by atoms with van der Waals surface area (Å²) in [6.45, 7) is 4.26. The number of rotatable bonds is 5. The van der Waals surface area contributed by atoms with Gasteiger partial charge in [-0.2, -0.15) is 0 Å². The van der Waals surface area contributed by atoms with Crippen LogP contribution in [-0.2, 0) is 0 Å². The van der Waals surface area contributed by atoms with Crippen LogP contribution in [0.3, 0.4) is 0 Å². The molecule has 4 rings (SSSR count). The van der Waals surface area contributed by atoms with E-state index in [2.05, 4.69) is 4.90 Å². The molecule has 0 aromatic heterocycles. The molecule has 28 heavy (non-hydrogen) atoms. The van der Waals surface area contributed by atoms with Gasteiger partial charge in [0.25, 0.3) is 0 Å². The fourth-order valence-electron chi connectivity index (χ4n) is 3.64. The van der Waals surface area contributed by atoms with Crippen LogP contribution in [0.1, 0.15) is 30.4 Å². The Morgan fingerprint density at radius 2 is 1.82 bits per heavy atom. The Kier molecular flexibility index (Phi) is 6.73. The van der Waals surface area contributed by atoms with Gasteiger partial charge in [-0.05, 0) is 63.2 Å². The van der Waals surface area contributed by atoms with Crippen molar-refractivity contribution >= 4 is 51.4 Å². The van der Waals surface area contributed by atoms with Crippen LogP contribution in [0.25, 0.3) is 0 Å².